The van der Waals surface area contributed by atoms with E-state index in [1.54, 1.807) is 20.9 Å². The van der Waals surface area contributed by atoms with Crippen LogP contribution in [-0.2, 0) is 4.79 Å². The number of carbonyl (C=O) groups excluding carboxylic acids is 1. The number of nitrogens with one attached hydrogen (secondary N) is 2. The van der Waals surface area contributed by atoms with Gasteiger partial charge in [-0.2, -0.15) is 0 Å². The van der Waals surface area contributed by atoms with Crippen molar-refractivity contribution in [3.05, 3.63) is 11.9 Å². The summed E-state index contributed by atoms with van der Waals surface area (Å²) >= 11 is 0. The molecule has 4 N–H and O–H groups in total. The zero-order chi connectivity index (χ0) is 12.8. The quantitative estimate of drug-likeness (QED) is 0.571. The third-order valence-electron chi connectivity index (χ3n) is 2.60. The smallest absolute Gasteiger partial charge is 0.265 e. The molecule has 0 unspecified atom stereocenters. The van der Waals surface area contributed by atoms with Crippen LogP contribution in [0.5, 0.6) is 0 Å². The summed E-state index contributed by atoms with van der Waals surface area (Å²) < 4.78 is 0. The molecular weight excluding hydrogens is 218 g/mol. The van der Waals surface area contributed by atoms with Crippen molar-refractivity contribution < 1.29 is 4.79 Å². The molecule has 6 nitrogen and oxygen atoms in total. The van der Waals surface area contributed by atoms with Crippen molar-refractivity contribution in [2.45, 2.75) is 19.9 Å². The molecule has 0 atom stereocenters. The summed E-state index contributed by atoms with van der Waals surface area (Å²) in [5.41, 5.74) is 7.05. The number of rotatable bonds is 4. The van der Waals surface area contributed by atoms with Crippen molar-refractivity contribution >= 4 is 17.3 Å². The van der Waals surface area contributed by atoms with E-state index in [-0.39, 0.29) is 11.9 Å². The molecule has 0 saturated carbocycles. The Morgan fingerprint density at radius 3 is 2.47 bits per heavy atom. The molecule has 0 spiro atoms. The van der Waals surface area contributed by atoms with Crippen molar-refractivity contribution in [3.8, 4) is 0 Å². The number of nitrogens with two attached hydrogens (primary N) is 1. The fourth-order valence-electron chi connectivity index (χ4n) is 1.27. The molecule has 94 valence electrons. The van der Waals surface area contributed by atoms with E-state index < -0.39 is 0 Å². The zero-order valence-corrected chi connectivity index (χ0v) is 10.4. The average molecular weight is 237 g/mol. The van der Waals surface area contributed by atoms with Crippen LogP contribution in [0.1, 0.15) is 13.8 Å². The highest BCUT2D eigenvalue weighted by molar-refractivity contribution is 6.38. The van der Waals surface area contributed by atoms with Gasteiger partial charge in [-0.15, -0.1) is 0 Å². The van der Waals surface area contributed by atoms with Gasteiger partial charge in [0, 0.05) is 26.3 Å². The van der Waals surface area contributed by atoms with Gasteiger partial charge < -0.3 is 16.4 Å². The molecule has 1 aliphatic heterocycles. The molecule has 1 amide bonds. The van der Waals surface area contributed by atoms with Crippen LogP contribution in [0, 0.1) is 0 Å². The Hall–Kier alpha value is -1.69. The first-order valence-electron chi connectivity index (χ1n) is 5.51. The van der Waals surface area contributed by atoms with Gasteiger partial charge in [-0.25, -0.2) is 4.99 Å². The van der Waals surface area contributed by atoms with Crippen LogP contribution >= 0.6 is 0 Å². The first-order chi connectivity index (χ1) is 8.08. The van der Waals surface area contributed by atoms with Crippen LogP contribution in [0.3, 0.4) is 0 Å². The van der Waals surface area contributed by atoms with E-state index in [1.807, 2.05) is 0 Å². The number of amides is 1. The molecule has 0 radical (unpaired) electrons. The van der Waals surface area contributed by atoms with Gasteiger partial charge in [-0.3, -0.25) is 9.79 Å². The minimum Gasteiger partial charge on any atom is -0.403 e. The molecule has 0 aromatic carbocycles. The Labute approximate surface area is 101 Å². The fraction of sp³-hybridized carbons (Fsp3) is 0.545. The minimum absolute atomic E-state index is 0.167. The van der Waals surface area contributed by atoms with Crippen molar-refractivity contribution in [2.24, 2.45) is 15.7 Å². The Kier molecular flexibility index (Phi) is 4.84. The minimum atomic E-state index is -0.167. The normalized spacial score (nSPS) is 18.9. The lowest BCUT2D eigenvalue weighted by Crippen LogP contribution is -2.57. The van der Waals surface area contributed by atoms with Crippen LogP contribution in [-0.4, -0.2) is 43.5 Å². The van der Waals surface area contributed by atoms with E-state index >= 15 is 0 Å². The lowest BCUT2D eigenvalue weighted by atomic mass is 10.2. The predicted octanol–water partition coefficient (Wildman–Crippen LogP) is -0.574. The maximum absolute atomic E-state index is 11.7. The van der Waals surface area contributed by atoms with Gasteiger partial charge in [-0.05, 0) is 13.8 Å². The molecule has 1 rings (SSSR count). The van der Waals surface area contributed by atoms with E-state index in [0.717, 1.165) is 13.1 Å². The first kappa shape index (κ1) is 13.4. The summed E-state index contributed by atoms with van der Waals surface area (Å²) in [6.45, 7) is 5.08. The number of carbonyl (C=O) groups is 1. The molecule has 1 fully saturated rings. The second kappa shape index (κ2) is 6.15. The lowest BCUT2D eigenvalue weighted by molar-refractivity contribution is -0.115. The number of nitrogens with zero attached hydrogens (tertiary/aromatic N) is 2. The van der Waals surface area contributed by atoms with Crippen molar-refractivity contribution in [1.29, 1.82) is 0 Å². The predicted molar refractivity (Wildman–Crippen MR) is 69.2 cm³/mol. The summed E-state index contributed by atoms with van der Waals surface area (Å²) in [6, 6.07) is 0.207. The van der Waals surface area contributed by atoms with Crippen molar-refractivity contribution in [1.82, 2.24) is 10.6 Å². The van der Waals surface area contributed by atoms with Gasteiger partial charge in [0.2, 0.25) is 0 Å². The fourth-order valence-corrected chi connectivity index (χ4v) is 1.27. The number of allylic oxidation sites excluding steroid dienone is 1. The largest absolute Gasteiger partial charge is 0.403 e. The summed E-state index contributed by atoms with van der Waals surface area (Å²) in [7, 11) is 1.66. The van der Waals surface area contributed by atoms with Gasteiger partial charge in [0.05, 0.1) is 17.5 Å². The summed E-state index contributed by atoms with van der Waals surface area (Å²) in [5, 5.41) is 5.94. The highest BCUT2D eigenvalue weighted by Gasteiger charge is 2.19. The molecule has 1 aliphatic rings. The van der Waals surface area contributed by atoms with Crippen LogP contribution in [0.25, 0.3) is 0 Å². The topological polar surface area (TPSA) is 91.9 Å². The van der Waals surface area contributed by atoms with Gasteiger partial charge in [0.1, 0.15) is 5.71 Å². The van der Waals surface area contributed by atoms with Crippen LogP contribution < -0.4 is 16.4 Å². The van der Waals surface area contributed by atoms with E-state index in [1.165, 1.54) is 6.20 Å². The maximum atomic E-state index is 11.7. The molecule has 17 heavy (non-hydrogen) atoms. The number of hydrogen-bond acceptors (Lipinski definition) is 5. The van der Waals surface area contributed by atoms with E-state index in [0.29, 0.717) is 17.1 Å². The second-order valence-corrected chi connectivity index (χ2v) is 3.89. The van der Waals surface area contributed by atoms with Gasteiger partial charge in [0.15, 0.2) is 0 Å². The van der Waals surface area contributed by atoms with Crippen molar-refractivity contribution in [3.63, 3.8) is 0 Å². The summed E-state index contributed by atoms with van der Waals surface area (Å²) in [6.07, 6.45) is 1.35. The number of aliphatic imine (C=N–C) groups is 2. The summed E-state index contributed by atoms with van der Waals surface area (Å²) in [5.74, 6) is -0.167. The molecule has 1 heterocycles. The Morgan fingerprint density at radius 2 is 2.06 bits per heavy atom. The van der Waals surface area contributed by atoms with Crippen LogP contribution in [0.4, 0.5) is 0 Å². The highest BCUT2D eigenvalue weighted by Crippen LogP contribution is 2.00. The number of hydrogen-bond donors (Lipinski definition) is 3. The first-order valence-corrected chi connectivity index (χ1v) is 5.51. The van der Waals surface area contributed by atoms with Gasteiger partial charge in [-0.1, -0.05) is 0 Å². The van der Waals surface area contributed by atoms with Gasteiger partial charge >= 0.3 is 0 Å². The molecule has 0 aromatic rings. The SMILES string of the molecule is CN=C(C)/C(=C\N)N=C(C)C(=O)NC1CNC1. The second-order valence-electron chi connectivity index (χ2n) is 3.89. The maximum Gasteiger partial charge on any atom is 0.265 e. The third-order valence-corrected chi connectivity index (χ3v) is 2.60. The van der Waals surface area contributed by atoms with Crippen LogP contribution in [0.15, 0.2) is 21.9 Å². The molecule has 0 aliphatic carbocycles. The monoisotopic (exact) mass is 237 g/mol. The third kappa shape index (κ3) is 3.67. The average Bonchev–Trinajstić information content (AvgIpc) is 2.28. The molecule has 0 aromatic heterocycles. The Bertz CT molecular complexity index is 379. The van der Waals surface area contributed by atoms with Crippen molar-refractivity contribution in [2.75, 3.05) is 20.1 Å². The molecular formula is C11H19N5O. The van der Waals surface area contributed by atoms with E-state index in [2.05, 4.69) is 20.6 Å². The summed E-state index contributed by atoms with van der Waals surface area (Å²) in [4.78, 5) is 19.9. The van der Waals surface area contributed by atoms with E-state index in [4.69, 9.17) is 5.73 Å². The molecule has 0 bridgehead atoms. The van der Waals surface area contributed by atoms with E-state index in [9.17, 15) is 4.79 Å². The standard InChI is InChI=1S/C11H19N5O/c1-7(13-3)10(4-12)15-8(2)11(17)16-9-5-14-6-9/h4,9,14H,5-6,12H2,1-3H3,(H,16,17)/b10-4+,13-7?,15-8?. The highest BCUT2D eigenvalue weighted by atomic mass is 16.2. The molecule has 1 saturated heterocycles. The molecule has 6 heteroatoms. The van der Waals surface area contributed by atoms with Gasteiger partial charge in [0.25, 0.3) is 5.91 Å². The Balaban J connectivity index is 2.66. The van der Waals surface area contributed by atoms with Crippen LogP contribution in [0.2, 0.25) is 0 Å². The lowest BCUT2D eigenvalue weighted by Gasteiger charge is -2.27. The zero-order valence-electron chi connectivity index (χ0n) is 10.4. The Morgan fingerprint density at radius 1 is 1.41 bits per heavy atom.